The van der Waals surface area contributed by atoms with Gasteiger partial charge in [-0.25, -0.2) is 4.79 Å². The molecule has 3 rings (SSSR count). The van der Waals surface area contributed by atoms with Gasteiger partial charge in [0, 0.05) is 23.6 Å². The molecule has 118 valence electrons. The Morgan fingerprint density at radius 1 is 1.09 bits per heavy atom. The smallest absolute Gasteiger partial charge is 0.319 e. The molecular formula is C17H15Cl2N3O. The number of H-pyrrole nitrogens is 1. The summed E-state index contributed by atoms with van der Waals surface area (Å²) in [4.78, 5) is 15.2. The van der Waals surface area contributed by atoms with E-state index in [0.717, 1.165) is 11.9 Å². The van der Waals surface area contributed by atoms with Crippen molar-refractivity contribution < 1.29 is 4.79 Å². The molecule has 23 heavy (non-hydrogen) atoms. The quantitative estimate of drug-likeness (QED) is 0.621. The van der Waals surface area contributed by atoms with Gasteiger partial charge >= 0.3 is 6.03 Å². The maximum absolute atomic E-state index is 11.9. The van der Waals surface area contributed by atoms with Gasteiger partial charge in [0.2, 0.25) is 0 Å². The van der Waals surface area contributed by atoms with Crippen molar-refractivity contribution in [1.82, 2.24) is 10.3 Å². The van der Waals surface area contributed by atoms with E-state index in [1.54, 1.807) is 18.2 Å². The van der Waals surface area contributed by atoms with Crippen LogP contribution in [0.2, 0.25) is 10.0 Å². The Morgan fingerprint density at radius 3 is 2.78 bits per heavy atom. The van der Waals surface area contributed by atoms with Gasteiger partial charge < -0.3 is 15.6 Å². The topological polar surface area (TPSA) is 56.9 Å². The number of benzene rings is 2. The van der Waals surface area contributed by atoms with E-state index >= 15 is 0 Å². The number of rotatable bonds is 4. The first-order chi connectivity index (χ1) is 11.1. The molecule has 0 atom stereocenters. The summed E-state index contributed by atoms with van der Waals surface area (Å²) in [6.45, 7) is 0.520. The molecule has 0 aliphatic rings. The highest BCUT2D eigenvalue weighted by Gasteiger charge is 2.08. The number of carbonyl (C=O) groups is 1. The molecule has 0 fully saturated rings. The van der Waals surface area contributed by atoms with Gasteiger partial charge in [-0.15, -0.1) is 0 Å². The van der Waals surface area contributed by atoms with Gasteiger partial charge in [0.05, 0.1) is 15.7 Å². The number of fused-ring (bicyclic) bond motifs is 1. The van der Waals surface area contributed by atoms with E-state index in [1.165, 1.54) is 10.9 Å². The first kappa shape index (κ1) is 15.7. The number of aromatic nitrogens is 1. The summed E-state index contributed by atoms with van der Waals surface area (Å²) >= 11 is 12.0. The standard InChI is InChI=1S/C17H15Cl2N3O/c18-13-5-3-7-15(16(13)19)22-17(23)20-9-8-11-10-21-14-6-2-1-4-12(11)14/h1-7,10,21H,8-9H2,(H2,20,22,23). The number of urea groups is 1. The molecular weight excluding hydrogens is 333 g/mol. The molecule has 0 radical (unpaired) electrons. The molecule has 3 aromatic rings. The first-order valence-corrected chi connectivity index (χ1v) is 7.94. The number of anilines is 1. The molecule has 3 N–H and O–H groups in total. The highest BCUT2D eigenvalue weighted by molar-refractivity contribution is 6.43. The number of carbonyl (C=O) groups excluding carboxylic acids is 1. The molecule has 6 heteroatoms. The van der Waals surface area contributed by atoms with E-state index < -0.39 is 0 Å². The van der Waals surface area contributed by atoms with Gasteiger partial charge in [-0.2, -0.15) is 0 Å². The summed E-state index contributed by atoms with van der Waals surface area (Å²) < 4.78 is 0. The van der Waals surface area contributed by atoms with E-state index in [2.05, 4.69) is 21.7 Å². The lowest BCUT2D eigenvalue weighted by molar-refractivity contribution is 0.252. The summed E-state index contributed by atoms with van der Waals surface area (Å²) in [5, 5.41) is 7.42. The van der Waals surface area contributed by atoms with Crippen LogP contribution in [0.5, 0.6) is 0 Å². The summed E-state index contributed by atoms with van der Waals surface area (Å²) in [7, 11) is 0. The minimum atomic E-state index is -0.311. The van der Waals surface area contributed by atoms with Gasteiger partial charge in [0.1, 0.15) is 0 Å². The van der Waals surface area contributed by atoms with Gasteiger partial charge in [0.25, 0.3) is 0 Å². The normalized spacial score (nSPS) is 10.7. The van der Waals surface area contributed by atoms with Gasteiger partial charge in [-0.3, -0.25) is 0 Å². The highest BCUT2D eigenvalue weighted by Crippen LogP contribution is 2.29. The van der Waals surface area contributed by atoms with Crippen molar-refractivity contribution in [2.45, 2.75) is 6.42 Å². The molecule has 1 heterocycles. The fraction of sp³-hybridized carbons (Fsp3) is 0.118. The largest absolute Gasteiger partial charge is 0.361 e. The van der Waals surface area contributed by atoms with E-state index in [-0.39, 0.29) is 6.03 Å². The zero-order valence-corrected chi connectivity index (χ0v) is 13.7. The molecule has 0 aliphatic carbocycles. The Morgan fingerprint density at radius 2 is 1.91 bits per heavy atom. The first-order valence-electron chi connectivity index (χ1n) is 7.19. The highest BCUT2D eigenvalue weighted by atomic mass is 35.5. The second kappa shape index (κ2) is 6.94. The number of halogens is 2. The SMILES string of the molecule is O=C(NCCc1c[nH]c2ccccc12)Nc1cccc(Cl)c1Cl. The molecule has 1 aromatic heterocycles. The van der Waals surface area contributed by atoms with Crippen LogP contribution in [-0.2, 0) is 6.42 Å². The zero-order chi connectivity index (χ0) is 16.2. The van der Waals surface area contributed by atoms with Crippen molar-refractivity contribution in [3.63, 3.8) is 0 Å². The second-order valence-corrected chi connectivity index (χ2v) is 5.88. The Kier molecular flexibility index (Phi) is 4.74. The van der Waals surface area contributed by atoms with Crippen LogP contribution in [0.3, 0.4) is 0 Å². The Bertz CT molecular complexity index is 845. The Labute approximate surface area is 143 Å². The van der Waals surface area contributed by atoms with Crippen molar-refractivity contribution in [3.05, 3.63) is 64.3 Å². The van der Waals surface area contributed by atoms with Crippen LogP contribution >= 0.6 is 23.2 Å². The van der Waals surface area contributed by atoms with Gasteiger partial charge in [-0.1, -0.05) is 47.5 Å². The lowest BCUT2D eigenvalue weighted by Gasteiger charge is -2.09. The van der Waals surface area contributed by atoms with Crippen molar-refractivity contribution in [2.24, 2.45) is 0 Å². The van der Waals surface area contributed by atoms with E-state index in [0.29, 0.717) is 22.3 Å². The minimum absolute atomic E-state index is 0.311. The number of nitrogens with one attached hydrogen (secondary N) is 3. The fourth-order valence-electron chi connectivity index (χ4n) is 2.42. The lowest BCUT2D eigenvalue weighted by atomic mass is 10.1. The predicted octanol–water partition coefficient (Wildman–Crippen LogP) is 4.84. The van der Waals surface area contributed by atoms with E-state index in [9.17, 15) is 4.79 Å². The van der Waals surface area contributed by atoms with Gasteiger partial charge in [0.15, 0.2) is 0 Å². The molecule has 4 nitrogen and oxygen atoms in total. The average molecular weight is 348 g/mol. The van der Waals surface area contributed by atoms with Crippen LogP contribution in [-0.4, -0.2) is 17.6 Å². The number of para-hydroxylation sites is 1. The Hall–Kier alpha value is -2.17. The van der Waals surface area contributed by atoms with Crippen molar-refractivity contribution in [1.29, 1.82) is 0 Å². The molecule has 0 bridgehead atoms. The predicted molar refractivity (Wildman–Crippen MR) is 95.5 cm³/mol. The average Bonchev–Trinajstić information content (AvgIpc) is 2.95. The minimum Gasteiger partial charge on any atom is -0.361 e. The maximum Gasteiger partial charge on any atom is 0.319 e. The van der Waals surface area contributed by atoms with E-state index in [1.807, 2.05) is 24.4 Å². The summed E-state index contributed by atoms with van der Waals surface area (Å²) in [5.74, 6) is 0. The molecule has 0 saturated heterocycles. The molecule has 0 unspecified atom stereocenters. The van der Waals surface area contributed by atoms with Gasteiger partial charge in [-0.05, 0) is 30.2 Å². The van der Waals surface area contributed by atoms with Crippen molar-refractivity contribution >= 4 is 45.8 Å². The molecule has 2 aromatic carbocycles. The van der Waals surface area contributed by atoms with Crippen LogP contribution in [0, 0.1) is 0 Å². The van der Waals surface area contributed by atoms with Crippen molar-refractivity contribution in [2.75, 3.05) is 11.9 Å². The van der Waals surface area contributed by atoms with Crippen LogP contribution in [0.25, 0.3) is 10.9 Å². The van der Waals surface area contributed by atoms with Crippen molar-refractivity contribution in [3.8, 4) is 0 Å². The van der Waals surface area contributed by atoms with Crippen LogP contribution in [0.4, 0.5) is 10.5 Å². The number of aromatic amines is 1. The maximum atomic E-state index is 11.9. The number of hydrogen-bond acceptors (Lipinski definition) is 1. The third-order valence-electron chi connectivity index (χ3n) is 3.55. The summed E-state index contributed by atoms with van der Waals surface area (Å²) in [6.07, 6.45) is 2.71. The third kappa shape index (κ3) is 3.60. The molecule has 0 spiro atoms. The summed E-state index contributed by atoms with van der Waals surface area (Å²) in [6, 6.07) is 12.9. The number of amides is 2. The molecule has 2 amide bonds. The third-order valence-corrected chi connectivity index (χ3v) is 4.37. The summed E-state index contributed by atoms with van der Waals surface area (Å²) in [5.41, 5.74) is 2.75. The van der Waals surface area contributed by atoms with Crippen LogP contribution in [0.15, 0.2) is 48.7 Å². The molecule has 0 aliphatic heterocycles. The van der Waals surface area contributed by atoms with Crippen LogP contribution < -0.4 is 10.6 Å². The second-order valence-electron chi connectivity index (χ2n) is 5.09. The number of hydrogen-bond donors (Lipinski definition) is 3. The monoisotopic (exact) mass is 347 g/mol. The van der Waals surface area contributed by atoms with E-state index in [4.69, 9.17) is 23.2 Å². The molecule has 0 saturated carbocycles. The lowest BCUT2D eigenvalue weighted by Crippen LogP contribution is -2.30. The fourth-order valence-corrected chi connectivity index (χ4v) is 2.76. The van der Waals surface area contributed by atoms with Crippen LogP contribution in [0.1, 0.15) is 5.56 Å². The zero-order valence-electron chi connectivity index (χ0n) is 12.2. The Balaban J connectivity index is 1.56.